The molecule has 126 valence electrons. The summed E-state index contributed by atoms with van der Waals surface area (Å²) in [6.07, 6.45) is 0.362. The third kappa shape index (κ3) is 4.88. The van der Waals surface area contributed by atoms with Crippen molar-refractivity contribution in [3.63, 3.8) is 0 Å². The summed E-state index contributed by atoms with van der Waals surface area (Å²) in [5, 5.41) is 8.69. The van der Waals surface area contributed by atoms with Crippen molar-refractivity contribution >= 4 is 19.7 Å². The Kier molecular flexibility index (Phi) is 6.46. The van der Waals surface area contributed by atoms with Gasteiger partial charge in [-0.15, -0.1) is 0 Å². The van der Waals surface area contributed by atoms with Crippen molar-refractivity contribution in [3.05, 3.63) is 77.5 Å². The number of aliphatic hydroxyl groups is 1. The highest BCUT2D eigenvalue weighted by Crippen LogP contribution is 2.46. The summed E-state index contributed by atoms with van der Waals surface area (Å²) in [4.78, 5) is 21.2. The van der Waals surface area contributed by atoms with E-state index >= 15 is 0 Å². The molecule has 2 N–H and O–H groups in total. The van der Waals surface area contributed by atoms with Crippen molar-refractivity contribution in [2.24, 2.45) is 0 Å². The van der Waals surface area contributed by atoms with Gasteiger partial charge in [0, 0.05) is 5.57 Å². The number of hydrogen-bond donors (Lipinski definition) is 2. The first-order valence-corrected chi connectivity index (χ1v) is 8.65. The van der Waals surface area contributed by atoms with Gasteiger partial charge in [-0.25, -0.2) is 4.57 Å². The van der Waals surface area contributed by atoms with E-state index in [0.29, 0.717) is 23.0 Å². The van der Waals surface area contributed by atoms with E-state index in [1.807, 2.05) is 12.1 Å². The molecule has 0 amide bonds. The maximum absolute atomic E-state index is 11.9. The van der Waals surface area contributed by atoms with Gasteiger partial charge in [0.25, 0.3) is 0 Å². The molecular weight excluding hydrogens is 331 g/mol. The molecule has 7 heteroatoms. The van der Waals surface area contributed by atoms with Crippen LogP contribution < -0.4 is 0 Å². The Morgan fingerprint density at radius 3 is 1.92 bits per heavy atom. The Morgan fingerprint density at radius 2 is 1.50 bits per heavy atom. The highest BCUT2D eigenvalue weighted by molar-refractivity contribution is 7.47. The van der Waals surface area contributed by atoms with Crippen LogP contribution in [0.15, 0.2) is 66.4 Å². The van der Waals surface area contributed by atoms with Crippen molar-refractivity contribution in [1.29, 1.82) is 0 Å². The van der Waals surface area contributed by atoms with Gasteiger partial charge in [0.1, 0.15) is 0 Å². The van der Waals surface area contributed by atoms with E-state index in [2.05, 4.69) is 4.52 Å². The number of hydrogen-bond acceptors (Lipinski definition) is 5. The van der Waals surface area contributed by atoms with Gasteiger partial charge in [-0.2, -0.15) is 0 Å². The third-order valence-electron chi connectivity index (χ3n) is 3.04. The van der Waals surface area contributed by atoms with Gasteiger partial charge in [0.2, 0.25) is 0 Å². The van der Waals surface area contributed by atoms with Gasteiger partial charge in [-0.1, -0.05) is 60.7 Å². The Morgan fingerprint density at radius 1 is 1.00 bits per heavy atom. The van der Waals surface area contributed by atoms with Gasteiger partial charge in [-0.05, 0) is 11.1 Å². The van der Waals surface area contributed by atoms with Crippen LogP contribution in [0.5, 0.6) is 0 Å². The van der Waals surface area contributed by atoms with Crippen molar-refractivity contribution in [1.82, 2.24) is 0 Å². The highest BCUT2D eigenvalue weighted by Gasteiger charge is 2.26. The lowest BCUT2D eigenvalue weighted by Gasteiger charge is -2.16. The van der Waals surface area contributed by atoms with Crippen molar-refractivity contribution in [3.8, 4) is 0 Å². The van der Waals surface area contributed by atoms with E-state index < -0.39 is 14.4 Å². The van der Waals surface area contributed by atoms with Crippen LogP contribution in [0.2, 0.25) is 0 Å². The molecule has 0 aliphatic heterocycles. The Bertz CT molecular complexity index is 701. The molecule has 0 saturated carbocycles. The molecule has 0 fully saturated rings. The lowest BCUT2D eigenvalue weighted by atomic mass is 9.97. The second kappa shape index (κ2) is 8.57. The molecule has 0 aliphatic carbocycles. The van der Waals surface area contributed by atoms with Gasteiger partial charge in [-0.3, -0.25) is 14.2 Å². The van der Waals surface area contributed by atoms with Crippen LogP contribution in [0.1, 0.15) is 11.1 Å². The Hall–Kier alpha value is -2.24. The fraction of sp³-hybridized carbons (Fsp3) is 0.118. The monoisotopic (exact) mass is 348 g/mol. The average Bonchev–Trinajstić information content (AvgIpc) is 2.61. The molecule has 2 aromatic rings. The maximum Gasteiger partial charge on any atom is 0.527 e. The van der Waals surface area contributed by atoms with E-state index in [-0.39, 0.29) is 12.4 Å². The molecule has 0 bridgehead atoms. The molecule has 2 aromatic carbocycles. The van der Waals surface area contributed by atoms with E-state index in [1.165, 1.54) is 0 Å². The number of rotatable bonds is 8. The van der Waals surface area contributed by atoms with Gasteiger partial charge >= 0.3 is 7.82 Å². The second-order valence-corrected chi connectivity index (χ2v) is 6.08. The number of benzene rings is 2. The molecule has 0 saturated heterocycles. The zero-order valence-electron chi connectivity index (χ0n) is 12.7. The molecule has 2 rings (SSSR count). The molecule has 1 atom stereocenters. The van der Waals surface area contributed by atoms with E-state index in [4.69, 9.17) is 9.63 Å². The largest absolute Gasteiger partial charge is 0.527 e. The van der Waals surface area contributed by atoms with Crippen molar-refractivity contribution in [2.75, 3.05) is 13.2 Å². The number of aliphatic hydroxyl groups excluding tert-OH is 1. The van der Waals surface area contributed by atoms with Crippen LogP contribution in [0.3, 0.4) is 0 Å². The summed E-state index contributed by atoms with van der Waals surface area (Å²) in [5.74, 6) is -0.323. The average molecular weight is 348 g/mol. The summed E-state index contributed by atoms with van der Waals surface area (Å²) in [6.45, 7) is -0.829. The Balaban J connectivity index is 2.52. The topological polar surface area (TPSA) is 93.1 Å². The highest BCUT2D eigenvalue weighted by atomic mass is 31.2. The molecule has 0 aliphatic rings. The normalized spacial score (nSPS) is 12.9. The summed E-state index contributed by atoms with van der Waals surface area (Å²) in [6, 6.07) is 17.8. The fourth-order valence-corrected chi connectivity index (χ4v) is 2.84. The molecule has 0 aromatic heterocycles. The van der Waals surface area contributed by atoms with Gasteiger partial charge in [0.05, 0.1) is 13.2 Å². The quantitative estimate of drug-likeness (QED) is 0.330. The van der Waals surface area contributed by atoms with Gasteiger partial charge in [0.15, 0.2) is 12.0 Å². The molecular formula is C17H17O6P. The van der Waals surface area contributed by atoms with Crippen LogP contribution >= 0.6 is 7.82 Å². The lowest BCUT2D eigenvalue weighted by Crippen LogP contribution is -2.04. The predicted molar refractivity (Wildman–Crippen MR) is 88.9 cm³/mol. The minimum atomic E-state index is -4.53. The predicted octanol–water partition coefficient (Wildman–Crippen LogP) is 2.77. The number of phosphoric acid groups is 1. The van der Waals surface area contributed by atoms with Crippen LogP contribution in [0.25, 0.3) is 5.57 Å². The van der Waals surface area contributed by atoms with E-state index in [0.717, 1.165) is 0 Å². The molecule has 0 heterocycles. The molecule has 0 radical (unpaired) electrons. The minimum Gasteiger partial charge on any atom is -0.400 e. The smallest absolute Gasteiger partial charge is 0.400 e. The van der Waals surface area contributed by atoms with Crippen LogP contribution in [-0.2, 0) is 18.4 Å². The first-order chi connectivity index (χ1) is 11.6. The summed E-state index contributed by atoms with van der Waals surface area (Å²) < 4.78 is 21.4. The second-order valence-electron chi connectivity index (χ2n) is 4.71. The lowest BCUT2D eigenvalue weighted by molar-refractivity contribution is -0.106. The summed E-state index contributed by atoms with van der Waals surface area (Å²) in [7, 11) is -4.53. The molecule has 1 unspecified atom stereocenters. The zero-order valence-corrected chi connectivity index (χ0v) is 13.6. The number of phosphoric ester groups is 1. The number of carbonyl (C=O) groups excluding carboxylic acids is 1. The van der Waals surface area contributed by atoms with Crippen LogP contribution in [-0.4, -0.2) is 29.5 Å². The van der Waals surface area contributed by atoms with Gasteiger partial charge < -0.3 is 9.63 Å². The fourth-order valence-electron chi connectivity index (χ4n) is 2.09. The maximum atomic E-state index is 11.9. The standard InChI is InChI=1S/C17H17O6P/c18-11-12-22-24(20,21)23-16(13-19)17(14-7-3-1-4-8-14)15-9-5-2-6-10-15/h1-10,13,18H,11-12H2,(H,20,21). The number of allylic oxidation sites excluding steroid dienone is 1. The number of carbonyl (C=O) groups is 1. The summed E-state index contributed by atoms with van der Waals surface area (Å²) >= 11 is 0. The first-order valence-electron chi connectivity index (χ1n) is 7.15. The van der Waals surface area contributed by atoms with Crippen LogP contribution in [0.4, 0.5) is 0 Å². The molecule has 0 spiro atoms. The SMILES string of the molecule is O=CC(OP(=O)(O)OCCO)=C(c1ccccc1)c1ccccc1. The molecule has 6 nitrogen and oxygen atoms in total. The Labute approximate surface area is 139 Å². The third-order valence-corrected chi connectivity index (χ3v) is 3.97. The van der Waals surface area contributed by atoms with Crippen molar-refractivity contribution in [2.45, 2.75) is 0 Å². The zero-order chi connectivity index (χ0) is 17.4. The first kappa shape index (κ1) is 18.1. The molecule has 24 heavy (non-hydrogen) atoms. The van der Waals surface area contributed by atoms with E-state index in [9.17, 15) is 14.3 Å². The van der Waals surface area contributed by atoms with Crippen molar-refractivity contribution < 1.29 is 28.4 Å². The minimum absolute atomic E-state index is 0.323. The van der Waals surface area contributed by atoms with Crippen LogP contribution in [0, 0.1) is 0 Å². The van der Waals surface area contributed by atoms with E-state index in [1.54, 1.807) is 48.5 Å². The number of aldehydes is 1. The summed E-state index contributed by atoms with van der Waals surface area (Å²) in [5.41, 5.74) is 1.66.